The summed E-state index contributed by atoms with van der Waals surface area (Å²) in [5.74, 6) is 1.07. The molecule has 0 aliphatic carbocycles. The van der Waals surface area contributed by atoms with Crippen molar-refractivity contribution in [3.63, 3.8) is 0 Å². The fraction of sp³-hybridized carbons (Fsp3) is 0.571. The zero-order valence-electron chi connectivity index (χ0n) is 11.4. The molecule has 0 amide bonds. The second-order valence-electron chi connectivity index (χ2n) is 4.58. The minimum atomic E-state index is -0.251. The first kappa shape index (κ1) is 15.3. The van der Waals surface area contributed by atoms with Crippen LogP contribution in [0.2, 0.25) is 5.02 Å². The van der Waals surface area contributed by atoms with Crippen LogP contribution >= 0.6 is 11.6 Å². The van der Waals surface area contributed by atoms with E-state index in [9.17, 15) is 0 Å². The van der Waals surface area contributed by atoms with Crippen molar-refractivity contribution in [3.8, 4) is 5.75 Å². The van der Waals surface area contributed by atoms with Crippen LogP contribution in [0.3, 0.4) is 0 Å². The highest BCUT2D eigenvalue weighted by atomic mass is 35.5. The lowest BCUT2D eigenvalue weighted by Gasteiger charge is -2.28. The molecule has 0 radical (unpaired) electrons. The Hall–Kier alpha value is -0.770. The lowest BCUT2D eigenvalue weighted by atomic mass is 9.93. The maximum absolute atomic E-state index is 6.31. The molecule has 0 aromatic heterocycles. The van der Waals surface area contributed by atoms with Crippen LogP contribution in [-0.4, -0.2) is 19.8 Å². The third-order valence-corrected chi connectivity index (χ3v) is 3.16. The third-order valence-electron chi connectivity index (χ3n) is 2.92. The van der Waals surface area contributed by atoms with Crippen molar-refractivity contribution in [2.24, 2.45) is 11.7 Å². The van der Waals surface area contributed by atoms with Gasteiger partial charge in [-0.25, -0.2) is 0 Å². The van der Waals surface area contributed by atoms with Gasteiger partial charge in [0.2, 0.25) is 0 Å². The monoisotopic (exact) mass is 271 g/mol. The molecule has 1 aromatic rings. The van der Waals surface area contributed by atoms with Gasteiger partial charge in [-0.1, -0.05) is 25.4 Å². The molecule has 3 nitrogen and oxygen atoms in total. The molecule has 0 fully saturated rings. The number of methoxy groups -OCH3 is 1. The predicted molar refractivity (Wildman–Crippen MR) is 75.2 cm³/mol. The molecule has 0 saturated heterocycles. The molecule has 0 spiro atoms. The molecule has 0 heterocycles. The molecule has 1 rings (SSSR count). The van der Waals surface area contributed by atoms with Gasteiger partial charge in [0.05, 0.1) is 19.3 Å². The molecular weight excluding hydrogens is 250 g/mol. The van der Waals surface area contributed by atoms with Crippen LogP contribution in [0.4, 0.5) is 0 Å². The maximum atomic E-state index is 6.31. The minimum Gasteiger partial charge on any atom is -0.496 e. The quantitative estimate of drug-likeness (QED) is 0.862. The second-order valence-corrected chi connectivity index (χ2v) is 5.01. The SMILES string of the molecule is CCOC(C(C)C)C(N)c1cc(Cl)ccc1OC. The van der Waals surface area contributed by atoms with E-state index < -0.39 is 0 Å². The number of hydrogen-bond acceptors (Lipinski definition) is 3. The molecule has 102 valence electrons. The summed E-state index contributed by atoms with van der Waals surface area (Å²) in [5, 5.41) is 0.653. The van der Waals surface area contributed by atoms with Gasteiger partial charge in [-0.05, 0) is 31.0 Å². The number of nitrogens with two attached hydrogens (primary N) is 1. The van der Waals surface area contributed by atoms with E-state index in [4.69, 9.17) is 26.8 Å². The van der Waals surface area contributed by atoms with Crippen LogP contribution in [0.25, 0.3) is 0 Å². The van der Waals surface area contributed by atoms with E-state index in [1.807, 2.05) is 19.1 Å². The molecule has 2 atom stereocenters. The Balaban J connectivity index is 3.06. The van der Waals surface area contributed by atoms with E-state index >= 15 is 0 Å². The lowest BCUT2D eigenvalue weighted by molar-refractivity contribution is 0.0117. The highest BCUT2D eigenvalue weighted by molar-refractivity contribution is 6.30. The van der Waals surface area contributed by atoms with Crippen LogP contribution < -0.4 is 10.5 Å². The van der Waals surface area contributed by atoms with Crippen molar-refractivity contribution in [2.75, 3.05) is 13.7 Å². The molecule has 2 N–H and O–H groups in total. The predicted octanol–water partition coefficient (Wildman–Crippen LogP) is 3.41. The van der Waals surface area contributed by atoms with E-state index in [1.54, 1.807) is 13.2 Å². The van der Waals surface area contributed by atoms with Gasteiger partial charge in [-0.3, -0.25) is 0 Å². The van der Waals surface area contributed by atoms with Gasteiger partial charge in [0, 0.05) is 17.2 Å². The number of benzene rings is 1. The summed E-state index contributed by atoms with van der Waals surface area (Å²) >= 11 is 6.03. The Morgan fingerprint density at radius 3 is 2.50 bits per heavy atom. The molecule has 2 unspecified atom stereocenters. The Bertz CT molecular complexity index is 382. The molecule has 0 aliphatic rings. The standard InChI is InChI=1S/C14H22ClNO2/c1-5-18-14(9(2)3)13(16)11-8-10(15)6-7-12(11)17-4/h6-9,13-14H,5,16H2,1-4H3. The highest BCUT2D eigenvalue weighted by Crippen LogP contribution is 2.31. The van der Waals surface area contributed by atoms with Gasteiger partial charge in [-0.15, -0.1) is 0 Å². The summed E-state index contributed by atoms with van der Waals surface area (Å²) in [6, 6.07) is 5.22. The second kappa shape index (κ2) is 6.98. The minimum absolute atomic E-state index is 0.0534. The van der Waals surface area contributed by atoms with Crippen LogP contribution in [0.15, 0.2) is 18.2 Å². The lowest BCUT2D eigenvalue weighted by Crippen LogP contribution is -2.33. The molecule has 0 bridgehead atoms. The van der Waals surface area contributed by atoms with Gasteiger partial charge in [-0.2, -0.15) is 0 Å². The Kier molecular flexibility index (Phi) is 5.93. The van der Waals surface area contributed by atoms with Crippen molar-refractivity contribution >= 4 is 11.6 Å². The maximum Gasteiger partial charge on any atom is 0.123 e. The first-order valence-electron chi connectivity index (χ1n) is 6.21. The summed E-state index contributed by atoms with van der Waals surface area (Å²) in [4.78, 5) is 0. The van der Waals surface area contributed by atoms with E-state index in [0.29, 0.717) is 17.5 Å². The molecule has 4 heteroatoms. The Labute approximate surface area is 114 Å². The number of ether oxygens (including phenoxy) is 2. The fourth-order valence-electron chi connectivity index (χ4n) is 2.05. The van der Waals surface area contributed by atoms with Crippen LogP contribution in [0.5, 0.6) is 5.75 Å². The average molecular weight is 272 g/mol. The first-order valence-corrected chi connectivity index (χ1v) is 6.59. The normalized spacial score (nSPS) is 14.6. The van der Waals surface area contributed by atoms with E-state index in [-0.39, 0.29) is 12.1 Å². The van der Waals surface area contributed by atoms with Crippen LogP contribution in [0, 0.1) is 5.92 Å². The Morgan fingerprint density at radius 1 is 1.33 bits per heavy atom. The smallest absolute Gasteiger partial charge is 0.123 e. The summed E-state index contributed by atoms with van der Waals surface area (Å²) in [7, 11) is 1.63. The summed E-state index contributed by atoms with van der Waals surface area (Å²) < 4.78 is 11.1. The molecule has 0 aliphatic heterocycles. The van der Waals surface area contributed by atoms with Gasteiger partial charge < -0.3 is 15.2 Å². The van der Waals surface area contributed by atoms with Crippen molar-refractivity contribution in [2.45, 2.75) is 32.9 Å². The largest absolute Gasteiger partial charge is 0.496 e. The van der Waals surface area contributed by atoms with Crippen molar-refractivity contribution in [1.82, 2.24) is 0 Å². The summed E-state index contributed by atoms with van der Waals surface area (Å²) in [6.45, 7) is 6.80. The van der Waals surface area contributed by atoms with Gasteiger partial charge in [0.1, 0.15) is 5.75 Å². The fourth-order valence-corrected chi connectivity index (χ4v) is 2.23. The topological polar surface area (TPSA) is 44.5 Å². The van der Waals surface area contributed by atoms with Gasteiger partial charge >= 0.3 is 0 Å². The number of rotatable bonds is 6. The van der Waals surface area contributed by atoms with Crippen molar-refractivity contribution < 1.29 is 9.47 Å². The Morgan fingerprint density at radius 2 is 2.00 bits per heavy atom. The zero-order valence-corrected chi connectivity index (χ0v) is 12.2. The highest BCUT2D eigenvalue weighted by Gasteiger charge is 2.25. The molecule has 18 heavy (non-hydrogen) atoms. The number of halogens is 1. The van der Waals surface area contributed by atoms with Crippen molar-refractivity contribution in [1.29, 1.82) is 0 Å². The average Bonchev–Trinajstić information content (AvgIpc) is 2.34. The summed E-state index contributed by atoms with van der Waals surface area (Å²) in [6.07, 6.45) is -0.0534. The molecule has 0 saturated carbocycles. The zero-order chi connectivity index (χ0) is 13.7. The van der Waals surface area contributed by atoms with Crippen LogP contribution in [0.1, 0.15) is 32.4 Å². The van der Waals surface area contributed by atoms with Crippen molar-refractivity contribution in [3.05, 3.63) is 28.8 Å². The van der Waals surface area contributed by atoms with Gasteiger partial charge in [0.25, 0.3) is 0 Å². The molecule has 1 aromatic carbocycles. The third kappa shape index (κ3) is 3.61. The summed E-state index contributed by atoms with van der Waals surface area (Å²) in [5.41, 5.74) is 7.19. The van der Waals surface area contributed by atoms with E-state index in [1.165, 1.54) is 0 Å². The van der Waals surface area contributed by atoms with Gasteiger partial charge in [0.15, 0.2) is 0 Å². The molecular formula is C14H22ClNO2. The van der Waals surface area contributed by atoms with E-state index in [2.05, 4.69) is 13.8 Å². The first-order chi connectivity index (χ1) is 8.51. The number of hydrogen-bond donors (Lipinski definition) is 1. The van der Waals surface area contributed by atoms with E-state index in [0.717, 1.165) is 11.3 Å². The van der Waals surface area contributed by atoms with Crippen LogP contribution in [-0.2, 0) is 4.74 Å².